The van der Waals surface area contributed by atoms with Gasteiger partial charge in [0, 0.05) is 37.9 Å². The van der Waals surface area contributed by atoms with E-state index in [0.717, 1.165) is 11.6 Å². The lowest BCUT2D eigenvalue weighted by molar-refractivity contribution is -0.137. The predicted octanol–water partition coefficient (Wildman–Crippen LogP) is 2.75. The van der Waals surface area contributed by atoms with Crippen LogP contribution < -0.4 is 0 Å². The Morgan fingerprint density at radius 2 is 2.13 bits per heavy atom. The highest BCUT2D eigenvalue weighted by Crippen LogP contribution is 2.36. The average Bonchev–Trinajstić information content (AvgIpc) is 3.04. The fraction of sp³-hybridized carbons (Fsp3) is 0.438. The largest absolute Gasteiger partial charge is 0.416 e. The van der Waals surface area contributed by atoms with E-state index in [2.05, 4.69) is 5.10 Å². The lowest BCUT2D eigenvalue weighted by Crippen LogP contribution is -2.24. The summed E-state index contributed by atoms with van der Waals surface area (Å²) in [5.74, 6) is 0. The Labute approximate surface area is 132 Å². The summed E-state index contributed by atoms with van der Waals surface area (Å²) in [6.45, 7) is 0.988. The summed E-state index contributed by atoms with van der Waals surface area (Å²) in [7, 11) is 1.81. The molecule has 0 spiro atoms. The molecule has 7 heteroatoms. The molecule has 1 aliphatic heterocycles. The van der Waals surface area contributed by atoms with E-state index in [1.165, 1.54) is 12.1 Å². The first-order chi connectivity index (χ1) is 10.8. The molecule has 1 aromatic carbocycles. The van der Waals surface area contributed by atoms with Crippen molar-refractivity contribution in [2.75, 3.05) is 6.54 Å². The summed E-state index contributed by atoms with van der Waals surface area (Å²) in [4.78, 5) is 2.00. The van der Waals surface area contributed by atoms with Gasteiger partial charge in [-0.3, -0.25) is 9.58 Å². The van der Waals surface area contributed by atoms with E-state index >= 15 is 0 Å². The third-order valence-electron chi connectivity index (χ3n) is 4.12. The first kappa shape index (κ1) is 16.0. The zero-order valence-electron chi connectivity index (χ0n) is 12.7. The Bertz CT molecular complexity index is 683. The third-order valence-corrected chi connectivity index (χ3v) is 4.12. The van der Waals surface area contributed by atoms with Gasteiger partial charge in [0.05, 0.1) is 17.9 Å². The van der Waals surface area contributed by atoms with Crippen molar-refractivity contribution in [2.24, 2.45) is 7.05 Å². The summed E-state index contributed by atoms with van der Waals surface area (Å²) in [6.07, 6.45) is -0.865. The number of benzene rings is 1. The summed E-state index contributed by atoms with van der Waals surface area (Å²) >= 11 is 0. The zero-order chi connectivity index (χ0) is 16.6. The van der Waals surface area contributed by atoms with Crippen LogP contribution >= 0.6 is 0 Å². The quantitative estimate of drug-likeness (QED) is 0.943. The zero-order valence-corrected chi connectivity index (χ0v) is 12.7. The summed E-state index contributed by atoms with van der Waals surface area (Å²) in [6, 6.07) is 5.13. The van der Waals surface area contributed by atoms with E-state index in [0.29, 0.717) is 25.1 Å². The normalized spacial score (nSPS) is 22.7. The number of aromatic nitrogens is 2. The molecule has 2 aromatic rings. The molecule has 2 atom stereocenters. The minimum Gasteiger partial charge on any atom is -0.392 e. The average molecular weight is 325 g/mol. The monoisotopic (exact) mass is 325 g/mol. The molecule has 4 nitrogen and oxygen atoms in total. The van der Waals surface area contributed by atoms with Gasteiger partial charge < -0.3 is 5.11 Å². The number of aryl methyl sites for hydroxylation is 1. The van der Waals surface area contributed by atoms with E-state index < -0.39 is 17.8 Å². The fourth-order valence-electron chi connectivity index (χ4n) is 3.11. The van der Waals surface area contributed by atoms with E-state index in [-0.39, 0.29) is 6.04 Å². The van der Waals surface area contributed by atoms with Gasteiger partial charge in [0.25, 0.3) is 0 Å². The van der Waals surface area contributed by atoms with Gasteiger partial charge in [-0.05, 0) is 24.1 Å². The van der Waals surface area contributed by atoms with Crippen LogP contribution in [0.4, 0.5) is 13.2 Å². The van der Waals surface area contributed by atoms with Gasteiger partial charge in [-0.15, -0.1) is 0 Å². The molecule has 0 unspecified atom stereocenters. The lowest BCUT2D eigenvalue weighted by atomic mass is 10.0. The Morgan fingerprint density at radius 1 is 1.35 bits per heavy atom. The highest BCUT2D eigenvalue weighted by Gasteiger charge is 2.35. The smallest absolute Gasteiger partial charge is 0.392 e. The predicted molar refractivity (Wildman–Crippen MR) is 78.4 cm³/mol. The van der Waals surface area contributed by atoms with Crippen molar-refractivity contribution in [3.63, 3.8) is 0 Å². The summed E-state index contributed by atoms with van der Waals surface area (Å²) in [5, 5.41) is 14.1. The third kappa shape index (κ3) is 3.56. The Hall–Kier alpha value is -1.86. The molecular formula is C16H18F3N3O. The van der Waals surface area contributed by atoms with Crippen LogP contribution in [0.15, 0.2) is 36.7 Å². The number of β-amino-alcohol motifs (C(OH)–C–C–N with tert-alkyl or cyclic N) is 1. The van der Waals surface area contributed by atoms with Crippen molar-refractivity contribution in [1.29, 1.82) is 0 Å². The van der Waals surface area contributed by atoms with Gasteiger partial charge in [0.1, 0.15) is 0 Å². The molecule has 0 bridgehead atoms. The van der Waals surface area contributed by atoms with Crippen LogP contribution in [0.5, 0.6) is 0 Å². The van der Waals surface area contributed by atoms with Crippen molar-refractivity contribution in [2.45, 2.75) is 31.3 Å². The Balaban J connectivity index is 1.84. The first-order valence-corrected chi connectivity index (χ1v) is 7.40. The maximum atomic E-state index is 12.9. The first-order valence-electron chi connectivity index (χ1n) is 7.40. The van der Waals surface area contributed by atoms with Gasteiger partial charge in [-0.2, -0.15) is 18.3 Å². The second kappa shape index (κ2) is 5.98. The molecule has 3 rings (SSSR count). The van der Waals surface area contributed by atoms with Crippen LogP contribution in [-0.4, -0.2) is 32.4 Å². The van der Waals surface area contributed by atoms with Crippen molar-refractivity contribution >= 4 is 0 Å². The van der Waals surface area contributed by atoms with Crippen LogP contribution in [-0.2, 0) is 19.8 Å². The summed E-state index contributed by atoms with van der Waals surface area (Å²) < 4.78 is 40.4. The minimum atomic E-state index is -4.36. The van der Waals surface area contributed by atoms with Crippen LogP contribution in [0.25, 0.3) is 0 Å². The van der Waals surface area contributed by atoms with Crippen molar-refractivity contribution in [1.82, 2.24) is 14.7 Å². The second-order valence-electron chi connectivity index (χ2n) is 5.98. The number of hydrogen-bond acceptors (Lipinski definition) is 3. The number of likely N-dealkylation sites (tertiary alicyclic amines) is 1. The van der Waals surface area contributed by atoms with Gasteiger partial charge >= 0.3 is 6.18 Å². The van der Waals surface area contributed by atoms with Crippen molar-refractivity contribution in [3.05, 3.63) is 53.3 Å². The van der Waals surface area contributed by atoms with Gasteiger partial charge in [-0.1, -0.05) is 12.1 Å². The van der Waals surface area contributed by atoms with Crippen LogP contribution in [0.3, 0.4) is 0 Å². The molecule has 23 heavy (non-hydrogen) atoms. The minimum absolute atomic E-state index is 0.229. The molecule has 1 N–H and O–H groups in total. The SMILES string of the molecule is Cn1cc(CN2C[C@H](O)C[C@H]2c2cccc(C(F)(F)F)c2)cn1. The maximum absolute atomic E-state index is 12.9. The van der Waals surface area contributed by atoms with Crippen LogP contribution in [0.2, 0.25) is 0 Å². The van der Waals surface area contributed by atoms with E-state index in [4.69, 9.17) is 0 Å². The highest BCUT2D eigenvalue weighted by molar-refractivity contribution is 5.29. The molecule has 0 radical (unpaired) electrons. The van der Waals surface area contributed by atoms with Gasteiger partial charge in [-0.25, -0.2) is 0 Å². The van der Waals surface area contributed by atoms with Crippen molar-refractivity contribution < 1.29 is 18.3 Å². The molecule has 1 fully saturated rings. The number of aliphatic hydroxyl groups excluding tert-OH is 1. The van der Waals surface area contributed by atoms with E-state index in [9.17, 15) is 18.3 Å². The molecular weight excluding hydrogens is 307 g/mol. The maximum Gasteiger partial charge on any atom is 0.416 e. The molecule has 0 aliphatic carbocycles. The Morgan fingerprint density at radius 3 is 2.78 bits per heavy atom. The molecule has 2 heterocycles. The van der Waals surface area contributed by atoms with Gasteiger partial charge in [0.15, 0.2) is 0 Å². The summed E-state index contributed by atoms with van der Waals surface area (Å²) in [5.41, 5.74) is 0.900. The van der Waals surface area contributed by atoms with Crippen molar-refractivity contribution in [3.8, 4) is 0 Å². The molecule has 124 valence electrons. The van der Waals surface area contributed by atoms with Crippen LogP contribution in [0, 0.1) is 0 Å². The molecule has 1 saturated heterocycles. The number of rotatable bonds is 3. The highest BCUT2D eigenvalue weighted by atomic mass is 19.4. The number of aliphatic hydroxyl groups is 1. The van der Waals surface area contributed by atoms with Gasteiger partial charge in [0.2, 0.25) is 0 Å². The molecule has 0 saturated carbocycles. The standard InChI is InChI=1S/C16H18F3N3O/c1-21-8-11(7-20-21)9-22-10-14(23)6-15(22)12-3-2-4-13(5-12)16(17,18)19/h2-5,7-8,14-15,23H,6,9-10H2,1H3/t14-,15+/m1/s1. The number of alkyl halides is 3. The lowest BCUT2D eigenvalue weighted by Gasteiger charge is -2.24. The fourth-order valence-corrected chi connectivity index (χ4v) is 3.11. The van der Waals surface area contributed by atoms with E-state index in [1.54, 1.807) is 16.9 Å². The second-order valence-corrected chi connectivity index (χ2v) is 5.98. The van der Waals surface area contributed by atoms with Crippen LogP contribution in [0.1, 0.15) is 29.2 Å². The Kier molecular flexibility index (Phi) is 4.16. The number of halogens is 3. The molecule has 1 aliphatic rings. The molecule has 0 amide bonds. The number of hydrogen-bond donors (Lipinski definition) is 1. The van der Waals surface area contributed by atoms with E-state index in [1.807, 2.05) is 18.1 Å². The number of nitrogens with zero attached hydrogens (tertiary/aromatic N) is 3. The molecule has 1 aromatic heterocycles. The topological polar surface area (TPSA) is 41.3 Å².